The topological polar surface area (TPSA) is 106 Å². The predicted octanol–water partition coefficient (Wildman–Crippen LogP) is 3.93. The minimum atomic E-state index is -0.454. The van der Waals surface area contributed by atoms with Gasteiger partial charge < -0.3 is 23.2 Å². The van der Waals surface area contributed by atoms with Gasteiger partial charge in [0.05, 0.1) is 12.9 Å². The second kappa shape index (κ2) is 8.07. The molecule has 4 aromatic rings. The SMILES string of the molecule is COc1cccc(-c2noc(CSc3nnc(C4COc5ccccc5O4)o3)n2)c1. The molecule has 0 bridgehead atoms. The molecule has 9 nitrogen and oxygen atoms in total. The van der Waals surface area contributed by atoms with Gasteiger partial charge in [0.2, 0.25) is 17.8 Å². The fraction of sp³-hybridized carbons (Fsp3) is 0.200. The van der Waals surface area contributed by atoms with Gasteiger partial charge in [-0.3, -0.25) is 0 Å². The molecule has 1 unspecified atom stereocenters. The molecule has 152 valence electrons. The number of nitrogens with zero attached hydrogens (tertiary/aromatic N) is 4. The van der Waals surface area contributed by atoms with E-state index in [2.05, 4.69) is 20.3 Å². The lowest BCUT2D eigenvalue weighted by atomic mass is 10.2. The van der Waals surface area contributed by atoms with E-state index in [9.17, 15) is 0 Å². The van der Waals surface area contributed by atoms with Crippen LogP contribution in [0.5, 0.6) is 17.2 Å². The summed E-state index contributed by atoms with van der Waals surface area (Å²) in [6.45, 7) is 0.302. The Morgan fingerprint density at radius 1 is 1.10 bits per heavy atom. The number of para-hydroxylation sites is 2. The van der Waals surface area contributed by atoms with Crippen molar-refractivity contribution in [2.45, 2.75) is 17.1 Å². The summed E-state index contributed by atoms with van der Waals surface area (Å²) in [4.78, 5) is 4.40. The number of benzene rings is 2. The molecule has 0 amide bonds. The van der Waals surface area contributed by atoms with Crippen LogP contribution in [-0.2, 0) is 5.75 Å². The summed E-state index contributed by atoms with van der Waals surface area (Å²) >= 11 is 1.30. The Morgan fingerprint density at radius 3 is 2.90 bits per heavy atom. The van der Waals surface area contributed by atoms with Gasteiger partial charge in [0.25, 0.3) is 11.1 Å². The van der Waals surface area contributed by atoms with Crippen molar-refractivity contribution >= 4 is 11.8 Å². The molecule has 0 spiro atoms. The molecule has 3 heterocycles. The molecule has 30 heavy (non-hydrogen) atoms. The molecular formula is C20H16N4O5S. The normalized spacial score (nSPS) is 15.2. The largest absolute Gasteiger partial charge is 0.497 e. The number of ether oxygens (including phenoxy) is 3. The van der Waals surface area contributed by atoms with Gasteiger partial charge in [-0.15, -0.1) is 10.2 Å². The van der Waals surface area contributed by atoms with E-state index >= 15 is 0 Å². The summed E-state index contributed by atoms with van der Waals surface area (Å²) in [5.41, 5.74) is 0.809. The molecule has 10 heteroatoms. The third-order valence-electron chi connectivity index (χ3n) is 4.32. The van der Waals surface area contributed by atoms with E-state index in [1.54, 1.807) is 7.11 Å². The molecule has 0 radical (unpaired) electrons. The van der Waals surface area contributed by atoms with E-state index in [-0.39, 0.29) is 0 Å². The molecule has 0 saturated carbocycles. The molecule has 5 rings (SSSR count). The fourth-order valence-corrected chi connectivity index (χ4v) is 3.47. The lowest BCUT2D eigenvalue weighted by Crippen LogP contribution is -2.21. The summed E-state index contributed by atoms with van der Waals surface area (Å²) < 4.78 is 27.8. The molecule has 0 saturated heterocycles. The Bertz CT molecular complexity index is 1160. The maximum absolute atomic E-state index is 5.88. The third kappa shape index (κ3) is 3.81. The number of hydrogen-bond acceptors (Lipinski definition) is 10. The third-order valence-corrected chi connectivity index (χ3v) is 5.12. The van der Waals surface area contributed by atoms with Crippen LogP contribution in [0.25, 0.3) is 11.4 Å². The van der Waals surface area contributed by atoms with Crippen molar-refractivity contribution in [1.82, 2.24) is 20.3 Å². The average molecular weight is 424 g/mol. The number of rotatable bonds is 6. The molecule has 1 atom stereocenters. The van der Waals surface area contributed by atoms with Crippen molar-refractivity contribution < 1.29 is 23.2 Å². The Kier molecular flexibility index (Phi) is 4.98. The van der Waals surface area contributed by atoms with E-state index in [0.717, 1.165) is 11.3 Å². The smallest absolute Gasteiger partial charge is 0.277 e. The van der Waals surface area contributed by atoms with Crippen molar-refractivity contribution in [1.29, 1.82) is 0 Å². The minimum Gasteiger partial charge on any atom is -0.497 e. The van der Waals surface area contributed by atoms with Crippen LogP contribution in [0.2, 0.25) is 0 Å². The Balaban J connectivity index is 1.22. The number of thioether (sulfide) groups is 1. The van der Waals surface area contributed by atoms with E-state index in [1.165, 1.54) is 11.8 Å². The quantitative estimate of drug-likeness (QED) is 0.423. The highest BCUT2D eigenvalue weighted by Gasteiger charge is 2.27. The maximum atomic E-state index is 5.88. The zero-order valence-corrected chi connectivity index (χ0v) is 16.7. The van der Waals surface area contributed by atoms with Crippen molar-refractivity contribution in [2.24, 2.45) is 0 Å². The van der Waals surface area contributed by atoms with Gasteiger partial charge in [0.15, 0.2) is 11.5 Å². The monoisotopic (exact) mass is 424 g/mol. The lowest BCUT2D eigenvalue weighted by Gasteiger charge is -2.23. The number of methoxy groups -OCH3 is 1. The van der Waals surface area contributed by atoms with Gasteiger partial charge in [0.1, 0.15) is 12.4 Å². The van der Waals surface area contributed by atoms with Crippen LogP contribution in [0, 0.1) is 0 Å². The Labute approximate surface area is 175 Å². The van der Waals surface area contributed by atoms with E-state index in [4.69, 9.17) is 23.2 Å². The Hall–Kier alpha value is -3.53. The van der Waals surface area contributed by atoms with Crippen LogP contribution >= 0.6 is 11.8 Å². The second-order valence-corrected chi connectivity index (χ2v) is 7.23. The van der Waals surface area contributed by atoms with Crippen molar-refractivity contribution in [3.63, 3.8) is 0 Å². The van der Waals surface area contributed by atoms with Gasteiger partial charge in [-0.2, -0.15) is 4.98 Å². The molecule has 2 aromatic heterocycles. The molecule has 2 aromatic carbocycles. The number of fused-ring (bicyclic) bond motifs is 1. The van der Waals surface area contributed by atoms with Crippen LogP contribution < -0.4 is 14.2 Å². The first-order valence-corrected chi connectivity index (χ1v) is 10.1. The second-order valence-electron chi connectivity index (χ2n) is 6.30. The van der Waals surface area contributed by atoms with Gasteiger partial charge >= 0.3 is 0 Å². The van der Waals surface area contributed by atoms with Crippen LogP contribution in [-0.4, -0.2) is 34.1 Å². The average Bonchev–Trinajstić information content (AvgIpc) is 3.47. The highest BCUT2D eigenvalue weighted by atomic mass is 32.2. The maximum Gasteiger partial charge on any atom is 0.277 e. The first kappa shape index (κ1) is 18.5. The highest BCUT2D eigenvalue weighted by Crippen LogP contribution is 2.36. The molecule has 0 fully saturated rings. The number of hydrogen-bond donors (Lipinski definition) is 0. The van der Waals surface area contributed by atoms with Crippen molar-refractivity contribution in [3.05, 3.63) is 60.3 Å². The van der Waals surface area contributed by atoms with Crippen LogP contribution in [0.4, 0.5) is 0 Å². The molecule has 1 aliphatic rings. The van der Waals surface area contributed by atoms with Crippen LogP contribution in [0.1, 0.15) is 17.9 Å². The molecule has 0 aliphatic carbocycles. The van der Waals surface area contributed by atoms with Crippen molar-refractivity contribution in [3.8, 4) is 28.6 Å². The van der Waals surface area contributed by atoms with Gasteiger partial charge in [-0.1, -0.05) is 41.2 Å². The lowest BCUT2D eigenvalue weighted by molar-refractivity contribution is 0.0686. The zero-order valence-electron chi connectivity index (χ0n) is 15.8. The summed E-state index contributed by atoms with van der Waals surface area (Å²) in [7, 11) is 1.61. The number of aromatic nitrogens is 4. The van der Waals surface area contributed by atoms with Gasteiger partial charge in [0, 0.05) is 5.56 Å². The predicted molar refractivity (Wildman–Crippen MR) is 105 cm³/mol. The van der Waals surface area contributed by atoms with E-state index in [1.807, 2.05) is 48.5 Å². The summed E-state index contributed by atoms with van der Waals surface area (Å²) in [6.07, 6.45) is -0.454. The Morgan fingerprint density at radius 2 is 2.00 bits per heavy atom. The van der Waals surface area contributed by atoms with Gasteiger partial charge in [-0.25, -0.2) is 0 Å². The van der Waals surface area contributed by atoms with Gasteiger partial charge in [-0.05, 0) is 24.3 Å². The van der Waals surface area contributed by atoms with Crippen LogP contribution in [0.15, 0.2) is 62.7 Å². The first-order valence-electron chi connectivity index (χ1n) is 9.10. The zero-order chi connectivity index (χ0) is 20.3. The first-order chi connectivity index (χ1) is 14.8. The molecule has 0 N–H and O–H groups in total. The molecular weight excluding hydrogens is 408 g/mol. The van der Waals surface area contributed by atoms with Crippen molar-refractivity contribution in [2.75, 3.05) is 13.7 Å². The standard InChI is InChI=1S/C20H16N4O5S/c1-25-13-6-4-5-12(9-13)18-21-17(29-24-18)11-30-20-23-22-19(28-20)16-10-26-14-7-2-3-8-15(14)27-16/h2-9,16H,10-11H2,1H3. The van der Waals surface area contributed by atoms with E-state index < -0.39 is 6.10 Å². The minimum absolute atomic E-state index is 0.302. The summed E-state index contributed by atoms with van der Waals surface area (Å²) in [5.74, 6) is 3.76. The highest BCUT2D eigenvalue weighted by molar-refractivity contribution is 7.98. The summed E-state index contributed by atoms with van der Waals surface area (Å²) in [5, 5.41) is 12.5. The molecule has 1 aliphatic heterocycles. The van der Waals surface area contributed by atoms with Crippen LogP contribution in [0.3, 0.4) is 0 Å². The summed E-state index contributed by atoms with van der Waals surface area (Å²) in [6, 6.07) is 14.9. The van der Waals surface area contributed by atoms with E-state index in [0.29, 0.717) is 46.7 Å². The fourth-order valence-electron chi connectivity index (χ4n) is 2.87.